The first-order valence-electron chi connectivity index (χ1n) is 6.70. The molecule has 0 saturated heterocycles. The van der Waals surface area contributed by atoms with Crippen molar-refractivity contribution >= 4 is 17.2 Å². The predicted molar refractivity (Wildman–Crippen MR) is 76.3 cm³/mol. The number of aromatic nitrogens is 3. The normalized spacial score (nSPS) is 14.4. The lowest BCUT2D eigenvalue weighted by molar-refractivity contribution is 0.0724. The summed E-state index contributed by atoms with van der Waals surface area (Å²) in [6.07, 6.45) is 3.83. The van der Waals surface area contributed by atoms with Crippen molar-refractivity contribution in [1.82, 2.24) is 19.9 Å². The lowest BCUT2D eigenvalue weighted by atomic mass is 10.3. The molecule has 0 radical (unpaired) electrons. The molecule has 0 unspecified atom stereocenters. The maximum atomic E-state index is 12.6. The summed E-state index contributed by atoms with van der Waals surface area (Å²) in [6.45, 7) is 1.71. The van der Waals surface area contributed by atoms with Gasteiger partial charge in [0.25, 0.3) is 5.91 Å². The van der Waals surface area contributed by atoms with Gasteiger partial charge >= 0.3 is 0 Å². The highest BCUT2D eigenvalue weighted by molar-refractivity contribution is 7.07. The van der Waals surface area contributed by atoms with E-state index in [0.717, 1.165) is 12.8 Å². The van der Waals surface area contributed by atoms with Gasteiger partial charge in [-0.05, 0) is 35.2 Å². The minimum absolute atomic E-state index is 0.0398. The molecule has 2 aromatic heterocycles. The molecule has 0 aliphatic heterocycles. The van der Waals surface area contributed by atoms with E-state index in [1.807, 2.05) is 10.3 Å². The van der Waals surface area contributed by atoms with Crippen LogP contribution in [0.25, 0.3) is 0 Å². The number of carbonyl (C=O) groups is 1. The Morgan fingerprint density at radius 1 is 1.55 bits per heavy atom. The number of hydrogen-bond donors (Lipinski definition) is 1. The Hall–Kier alpha value is -1.73. The Kier molecular flexibility index (Phi) is 3.79. The molecule has 1 aliphatic rings. The summed E-state index contributed by atoms with van der Waals surface area (Å²) in [5, 5.41) is 12.0. The lowest BCUT2D eigenvalue weighted by Gasteiger charge is -2.20. The van der Waals surface area contributed by atoms with E-state index in [1.54, 1.807) is 22.2 Å². The smallest absolute Gasteiger partial charge is 0.276 e. The number of hydrogen-bond acceptors (Lipinski definition) is 5. The third-order valence-corrected chi connectivity index (χ3v) is 4.03. The lowest BCUT2D eigenvalue weighted by Crippen LogP contribution is -2.32. The molecule has 0 bridgehead atoms. The van der Waals surface area contributed by atoms with Crippen LogP contribution in [-0.4, -0.2) is 38.4 Å². The number of rotatable bonds is 6. The minimum atomic E-state index is -0.0398. The monoisotopic (exact) mass is 291 g/mol. The van der Waals surface area contributed by atoms with Gasteiger partial charge in [-0.25, -0.2) is 0 Å². The molecule has 7 heteroatoms. The van der Waals surface area contributed by atoms with Crippen molar-refractivity contribution in [2.24, 2.45) is 5.73 Å². The topological polar surface area (TPSA) is 77.0 Å². The van der Waals surface area contributed by atoms with Crippen molar-refractivity contribution < 1.29 is 4.79 Å². The highest BCUT2D eigenvalue weighted by atomic mass is 32.1. The van der Waals surface area contributed by atoms with Crippen LogP contribution in [0.2, 0.25) is 0 Å². The van der Waals surface area contributed by atoms with E-state index in [1.165, 1.54) is 5.56 Å². The van der Waals surface area contributed by atoms with Crippen LogP contribution in [0.15, 0.2) is 23.0 Å². The molecule has 20 heavy (non-hydrogen) atoms. The molecule has 1 fully saturated rings. The van der Waals surface area contributed by atoms with Gasteiger partial charge in [-0.3, -0.25) is 9.48 Å². The van der Waals surface area contributed by atoms with Crippen LogP contribution < -0.4 is 5.73 Å². The second kappa shape index (κ2) is 5.72. The molecule has 3 rings (SSSR count). The molecule has 0 aromatic carbocycles. The van der Waals surface area contributed by atoms with Crippen LogP contribution in [0.1, 0.15) is 28.9 Å². The zero-order valence-electron chi connectivity index (χ0n) is 11.1. The fourth-order valence-electron chi connectivity index (χ4n) is 2.12. The fraction of sp³-hybridized carbons (Fsp3) is 0.462. The van der Waals surface area contributed by atoms with Crippen molar-refractivity contribution in [3.63, 3.8) is 0 Å². The third-order valence-electron chi connectivity index (χ3n) is 3.30. The van der Waals surface area contributed by atoms with Gasteiger partial charge in [-0.1, -0.05) is 5.21 Å². The number of carbonyl (C=O) groups excluding carboxylic acids is 1. The Morgan fingerprint density at radius 2 is 2.40 bits per heavy atom. The minimum Gasteiger partial charge on any atom is -0.330 e. The maximum absolute atomic E-state index is 12.6. The summed E-state index contributed by atoms with van der Waals surface area (Å²) in [6, 6.07) is 2.40. The number of nitrogens with two attached hydrogens (primary N) is 1. The van der Waals surface area contributed by atoms with E-state index in [-0.39, 0.29) is 5.91 Å². The van der Waals surface area contributed by atoms with Gasteiger partial charge in [0.05, 0.1) is 12.7 Å². The van der Waals surface area contributed by atoms with E-state index < -0.39 is 0 Å². The summed E-state index contributed by atoms with van der Waals surface area (Å²) in [7, 11) is 0. The Bertz CT molecular complexity index is 575. The molecule has 1 amide bonds. The molecule has 0 spiro atoms. The van der Waals surface area contributed by atoms with Gasteiger partial charge in [0.2, 0.25) is 0 Å². The number of thiophene rings is 1. The summed E-state index contributed by atoms with van der Waals surface area (Å²) in [5.41, 5.74) is 7.05. The third kappa shape index (κ3) is 2.88. The van der Waals surface area contributed by atoms with Crippen LogP contribution in [0.4, 0.5) is 0 Å². The summed E-state index contributed by atoms with van der Waals surface area (Å²) in [4.78, 5) is 14.5. The highest BCUT2D eigenvalue weighted by Gasteiger charge is 2.34. The molecular formula is C13H17N5OS. The van der Waals surface area contributed by atoms with Crippen LogP contribution in [-0.2, 0) is 13.1 Å². The molecule has 2 heterocycles. The first-order chi connectivity index (χ1) is 9.78. The quantitative estimate of drug-likeness (QED) is 0.864. The standard InChI is InChI=1S/C13H17N5OS/c14-4-5-17-8-12(15-16-17)13(19)18(11-1-2-11)7-10-3-6-20-9-10/h3,6,8-9,11H,1-2,4-5,7,14H2. The first kappa shape index (κ1) is 13.3. The second-order valence-electron chi connectivity index (χ2n) is 4.95. The zero-order valence-corrected chi connectivity index (χ0v) is 11.9. The van der Waals surface area contributed by atoms with Gasteiger partial charge in [0.1, 0.15) is 0 Å². The van der Waals surface area contributed by atoms with Gasteiger partial charge in [-0.2, -0.15) is 11.3 Å². The fourth-order valence-corrected chi connectivity index (χ4v) is 2.78. The molecule has 2 aromatic rings. The van der Waals surface area contributed by atoms with Crippen molar-refractivity contribution in [3.05, 3.63) is 34.3 Å². The SMILES string of the molecule is NCCn1cc(C(=O)N(Cc2ccsc2)C2CC2)nn1. The molecule has 1 saturated carbocycles. The first-order valence-corrected chi connectivity index (χ1v) is 7.64. The Labute approximate surface area is 121 Å². The largest absolute Gasteiger partial charge is 0.330 e. The van der Waals surface area contributed by atoms with E-state index in [0.29, 0.717) is 31.4 Å². The average Bonchev–Trinajstić information content (AvgIpc) is 2.97. The van der Waals surface area contributed by atoms with E-state index >= 15 is 0 Å². The van der Waals surface area contributed by atoms with E-state index in [4.69, 9.17) is 5.73 Å². The van der Waals surface area contributed by atoms with Crippen LogP contribution in [0.5, 0.6) is 0 Å². The zero-order chi connectivity index (χ0) is 13.9. The average molecular weight is 291 g/mol. The molecular weight excluding hydrogens is 274 g/mol. The van der Waals surface area contributed by atoms with Gasteiger partial charge < -0.3 is 10.6 Å². The van der Waals surface area contributed by atoms with E-state index in [9.17, 15) is 4.79 Å². The molecule has 2 N–H and O–H groups in total. The summed E-state index contributed by atoms with van der Waals surface area (Å²) in [5.74, 6) is -0.0398. The van der Waals surface area contributed by atoms with Gasteiger partial charge in [0.15, 0.2) is 5.69 Å². The van der Waals surface area contributed by atoms with Crippen LogP contribution >= 0.6 is 11.3 Å². The maximum Gasteiger partial charge on any atom is 0.276 e. The van der Waals surface area contributed by atoms with Crippen molar-refractivity contribution in [2.45, 2.75) is 32.0 Å². The Morgan fingerprint density at radius 3 is 3.05 bits per heavy atom. The van der Waals surface area contributed by atoms with Gasteiger partial charge in [-0.15, -0.1) is 5.10 Å². The molecule has 6 nitrogen and oxygen atoms in total. The van der Waals surface area contributed by atoms with Gasteiger partial charge in [0, 0.05) is 19.1 Å². The van der Waals surface area contributed by atoms with Crippen LogP contribution in [0, 0.1) is 0 Å². The second-order valence-corrected chi connectivity index (χ2v) is 5.73. The summed E-state index contributed by atoms with van der Waals surface area (Å²) < 4.78 is 1.61. The van der Waals surface area contributed by atoms with Crippen molar-refractivity contribution in [3.8, 4) is 0 Å². The molecule has 0 atom stereocenters. The van der Waals surface area contributed by atoms with Crippen LogP contribution in [0.3, 0.4) is 0 Å². The number of nitrogens with zero attached hydrogens (tertiary/aromatic N) is 4. The predicted octanol–water partition coefficient (Wildman–Crippen LogP) is 1.10. The van der Waals surface area contributed by atoms with Crippen molar-refractivity contribution in [2.75, 3.05) is 6.54 Å². The highest BCUT2D eigenvalue weighted by Crippen LogP contribution is 2.29. The molecule has 106 valence electrons. The molecule has 1 aliphatic carbocycles. The van der Waals surface area contributed by atoms with Crippen molar-refractivity contribution in [1.29, 1.82) is 0 Å². The summed E-state index contributed by atoms with van der Waals surface area (Å²) >= 11 is 1.65. The number of amides is 1. The van der Waals surface area contributed by atoms with E-state index in [2.05, 4.69) is 21.8 Å². The Balaban J connectivity index is 1.74.